The number of rotatable bonds is 10. The molecule has 0 rings (SSSR count). The van der Waals surface area contributed by atoms with Crippen LogP contribution in [0.25, 0.3) is 0 Å². The minimum absolute atomic E-state index is 0.331. The maximum absolute atomic E-state index is 11.5. The number of carbonyl (C=O) groups is 1. The second kappa shape index (κ2) is 10.9. The van der Waals surface area contributed by atoms with E-state index in [4.69, 9.17) is 9.47 Å². The lowest BCUT2D eigenvalue weighted by atomic mass is 10.1. The van der Waals surface area contributed by atoms with Crippen molar-refractivity contribution in [3.63, 3.8) is 0 Å². The van der Waals surface area contributed by atoms with Crippen molar-refractivity contribution in [3.8, 4) is 0 Å². The number of ether oxygens (including phenoxy) is 2. The average molecular weight is 302 g/mol. The molecule has 0 aromatic heterocycles. The first-order valence-electron chi connectivity index (χ1n) is 8.00. The molecule has 0 aliphatic carbocycles. The summed E-state index contributed by atoms with van der Waals surface area (Å²) in [7, 11) is 1.72. The summed E-state index contributed by atoms with van der Waals surface area (Å²) in [5, 5.41) is 6.36. The molecule has 1 amide bonds. The van der Waals surface area contributed by atoms with E-state index in [0.717, 1.165) is 19.3 Å². The predicted molar refractivity (Wildman–Crippen MR) is 86.6 cm³/mol. The van der Waals surface area contributed by atoms with Gasteiger partial charge < -0.3 is 20.1 Å². The lowest BCUT2D eigenvalue weighted by molar-refractivity contribution is 0.0526. The van der Waals surface area contributed by atoms with Gasteiger partial charge in [0.2, 0.25) is 0 Å². The van der Waals surface area contributed by atoms with Crippen molar-refractivity contribution in [1.82, 2.24) is 10.6 Å². The topological polar surface area (TPSA) is 59.6 Å². The maximum Gasteiger partial charge on any atom is 0.407 e. The molecule has 0 saturated carbocycles. The van der Waals surface area contributed by atoms with E-state index in [1.807, 2.05) is 20.8 Å². The Hall–Kier alpha value is -0.810. The van der Waals surface area contributed by atoms with Crippen LogP contribution in [0.4, 0.5) is 4.79 Å². The minimum atomic E-state index is -0.445. The number of nitrogens with one attached hydrogen (secondary N) is 2. The highest BCUT2D eigenvalue weighted by molar-refractivity contribution is 5.67. The Morgan fingerprint density at radius 2 is 1.90 bits per heavy atom. The molecule has 0 saturated heterocycles. The molecule has 0 aromatic carbocycles. The highest BCUT2D eigenvalue weighted by atomic mass is 16.6. The van der Waals surface area contributed by atoms with Crippen LogP contribution in [0.1, 0.15) is 60.3 Å². The smallest absolute Gasteiger partial charge is 0.407 e. The number of methoxy groups -OCH3 is 1. The molecular weight excluding hydrogens is 268 g/mol. The normalized spacial score (nSPS) is 14.6. The Bertz CT molecular complexity index is 277. The van der Waals surface area contributed by atoms with E-state index in [0.29, 0.717) is 25.2 Å². The van der Waals surface area contributed by atoms with Gasteiger partial charge in [-0.3, -0.25) is 0 Å². The molecule has 2 unspecified atom stereocenters. The van der Waals surface area contributed by atoms with Crippen molar-refractivity contribution < 1.29 is 14.3 Å². The number of hydrogen-bond donors (Lipinski definition) is 2. The van der Waals surface area contributed by atoms with Crippen LogP contribution in [0.5, 0.6) is 0 Å². The van der Waals surface area contributed by atoms with Crippen LogP contribution in [0.3, 0.4) is 0 Å². The standard InChI is InChI=1S/C16H34N2O3/c1-7-9-13(2)18-14(12-20-6)10-8-11-17-15(19)21-16(3,4)5/h13-14,18H,7-12H2,1-6H3,(H,17,19). The van der Waals surface area contributed by atoms with Gasteiger partial charge in [-0.2, -0.15) is 0 Å². The molecule has 5 heteroatoms. The Kier molecular flexibility index (Phi) is 10.4. The molecule has 5 nitrogen and oxygen atoms in total. The highest BCUT2D eigenvalue weighted by Crippen LogP contribution is 2.07. The molecule has 0 aromatic rings. The van der Waals surface area contributed by atoms with Crippen LogP contribution in [-0.4, -0.2) is 44.0 Å². The molecule has 0 spiro atoms. The van der Waals surface area contributed by atoms with Crippen molar-refractivity contribution in [2.24, 2.45) is 0 Å². The van der Waals surface area contributed by atoms with Crippen LogP contribution >= 0.6 is 0 Å². The molecule has 21 heavy (non-hydrogen) atoms. The Balaban J connectivity index is 3.90. The third-order valence-corrected chi connectivity index (χ3v) is 3.01. The van der Waals surface area contributed by atoms with Gasteiger partial charge in [-0.05, 0) is 47.0 Å². The van der Waals surface area contributed by atoms with Crippen molar-refractivity contribution >= 4 is 6.09 Å². The molecule has 0 radical (unpaired) electrons. The van der Waals surface area contributed by atoms with Crippen LogP contribution in [-0.2, 0) is 9.47 Å². The third kappa shape index (κ3) is 12.6. The summed E-state index contributed by atoms with van der Waals surface area (Å²) in [5.41, 5.74) is -0.445. The van der Waals surface area contributed by atoms with Gasteiger partial charge in [0.1, 0.15) is 5.60 Å². The van der Waals surface area contributed by atoms with Gasteiger partial charge in [0.05, 0.1) is 6.61 Å². The second-order valence-electron chi connectivity index (χ2n) is 6.58. The van der Waals surface area contributed by atoms with Crippen molar-refractivity contribution in [3.05, 3.63) is 0 Å². The van der Waals surface area contributed by atoms with E-state index in [-0.39, 0.29) is 6.09 Å². The zero-order valence-electron chi connectivity index (χ0n) is 14.6. The molecule has 0 heterocycles. The van der Waals surface area contributed by atoms with Gasteiger partial charge in [0, 0.05) is 25.7 Å². The minimum Gasteiger partial charge on any atom is -0.444 e. The number of carbonyl (C=O) groups excluding carboxylic acids is 1. The van der Waals surface area contributed by atoms with Crippen LogP contribution < -0.4 is 10.6 Å². The van der Waals surface area contributed by atoms with Gasteiger partial charge in [-0.1, -0.05) is 13.3 Å². The van der Waals surface area contributed by atoms with Gasteiger partial charge in [0.15, 0.2) is 0 Å². The maximum atomic E-state index is 11.5. The van der Waals surface area contributed by atoms with E-state index >= 15 is 0 Å². The largest absolute Gasteiger partial charge is 0.444 e. The summed E-state index contributed by atoms with van der Waals surface area (Å²) in [6.07, 6.45) is 3.86. The Morgan fingerprint density at radius 1 is 1.24 bits per heavy atom. The van der Waals surface area contributed by atoms with Gasteiger partial charge >= 0.3 is 6.09 Å². The molecule has 0 bridgehead atoms. The molecule has 126 valence electrons. The fraction of sp³-hybridized carbons (Fsp3) is 0.938. The molecule has 0 aliphatic rings. The molecule has 0 aliphatic heterocycles. The molecular formula is C16H34N2O3. The van der Waals surface area contributed by atoms with Crippen molar-refractivity contribution in [2.75, 3.05) is 20.3 Å². The first-order chi connectivity index (χ1) is 9.78. The predicted octanol–water partition coefficient (Wildman–Crippen LogP) is 3.08. The molecule has 2 atom stereocenters. The average Bonchev–Trinajstić information content (AvgIpc) is 2.32. The lowest BCUT2D eigenvalue weighted by Gasteiger charge is -2.23. The second-order valence-corrected chi connectivity index (χ2v) is 6.58. The summed E-state index contributed by atoms with van der Waals surface area (Å²) < 4.78 is 10.5. The van der Waals surface area contributed by atoms with Gasteiger partial charge in [-0.15, -0.1) is 0 Å². The monoisotopic (exact) mass is 302 g/mol. The molecule has 0 fully saturated rings. The zero-order valence-corrected chi connectivity index (χ0v) is 14.6. The zero-order chi connectivity index (χ0) is 16.3. The number of alkyl carbamates (subject to hydrolysis) is 1. The SMILES string of the molecule is CCCC(C)NC(CCCNC(=O)OC(C)(C)C)COC. The third-order valence-electron chi connectivity index (χ3n) is 3.01. The van der Waals surface area contributed by atoms with E-state index in [2.05, 4.69) is 24.5 Å². The fourth-order valence-electron chi connectivity index (χ4n) is 2.19. The van der Waals surface area contributed by atoms with Crippen LogP contribution in [0.15, 0.2) is 0 Å². The summed E-state index contributed by atoms with van der Waals surface area (Å²) in [5.74, 6) is 0. The summed E-state index contributed by atoms with van der Waals surface area (Å²) >= 11 is 0. The van der Waals surface area contributed by atoms with Crippen molar-refractivity contribution in [2.45, 2.75) is 78.0 Å². The first-order valence-corrected chi connectivity index (χ1v) is 8.00. The van der Waals surface area contributed by atoms with E-state index in [9.17, 15) is 4.79 Å². The van der Waals surface area contributed by atoms with Crippen LogP contribution in [0, 0.1) is 0 Å². The Morgan fingerprint density at radius 3 is 2.43 bits per heavy atom. The van der Waals surface area contributed by atoms with E-state index in [1.54, 1.807) is 7.11 Å². The Labute approximate surface area is 130 Å². The summed E-state index contributed by atoms with van der Waals surface area (Å²) in [6.45, 7) is 11.3. The number of hydrogen-bond acceptors (Lipinski definition) is 4. The lowest BCUT2D eigenvalue weighted by Crippen LogP contribution is -2.40. The summed E-state index contributed by atoms with van der Waals surface area (Å²) in [6, 6.07) is 0.825. The summed E-state index contributed by atoms with van der Waals surface area (Å²) in [4.78, 5) is 11.5. The van der Waals surface area contributed by atoms with Crippen LogP contribution in [0.2, 0.25) is 0 Å². The quantitative estimate of drug-likeness (QED) is 0.609. The first kappa shape index (κ1) is 20.2. The number of amides is 1. The van der Waals surface area contributed by atoms with Crippen molar-refractivity contribution in [1.29, 1.82) is 0 Å². The fourth-order valence-corrected chi connectivity index (χ4v) is 2.19. The van der Waals surface area contributed by atoms with Gasteiger partial charge in [-0.25, -0.2) is 4.79 Å². The van der Waals surface area contributed by atoms with E-state index < -0.39 is 5.60 Å². The molecule has 2 N–H and O–H groups in total. The highest BCUT2D eigenvalue weighted by Gasteiger charge is 2.16. The van der Waals surface area contributed by atoms with Gasteiger partial charge in [0.25, 0.3) is 0 Å². The van der Waals surface area contributed by atoms with E-state index in [1.165, 1.54) is 6.42 Å².